The maximum Gasteiger partial charge on any atom is 0.312 e. The van der Waals surface area contributed by atoms with Crippen molar-refractivity contribution in [2.45, 2.75) is 13.5 Å². The lowest BCUT2D eigenvalue weighted by Gasteiger charge is -1.93. The molecule has 0 radical (unpaired) electrons. The first-order valence-electron chi connectivity index (χ1n) is 2.91. The zero-order chi connectivity index (χ0) is 8.27. The third kappa shape index (κ3) is 2.55. The standard InChI is InChI=1S/C5H6ClN3O2/c1-3(10)7-2-4-8-9-5(6)11-4/h2H2,1H3,(H,7,10). The molecule has 0 spiro atoms. The van der Waals surface area contributed by atoms with E-state index in [0.29, 0.717) is 5.89 Å². The molecule has 0 aliphatic rings. The third-order valence-electron chi connectivity index (χ3n) is 0.931. The van der Waals surface area contributed by atoms with Crippen LogP contribution >= 0.6 is 11.6 Å². The molecule has 0 saturated heterocycles. The van der Waals surface area contributed by atoms with Crippen LogP contribution < -0.4 is 5.32 Å². The number of rotatable bonds is 2. The van der Waals surface area contributed by atoms with Crippen LogP contribution in [-0.4, -0.2) is 16.1 Å². The fraction of sp³-hybridized carbons (Fsp3) is 0.400. The van der Waals surface area contributed by atoms with E-state index in [-0.39, 0.29) is 17.8 Å². The number of amides is 1. The van der Waals surface area contributed by atoms with Gasteiger partial charge in [0.15, 0.2) is 0 Å². The predicted octanol–water partition coefficient (Wildman–Crippen LogP) is 0.359. The SMILES string of the molecule is CC(=O)NCc1nnc(Cl)o1. The summed E-state index contributed by atoms with van der Waals surface area (Å²) in [6.07, 6.45) is 0. The van der Waals surface area contributed by atoms with Crippen molar-refractivity contribution >= 4 is 17.5 Å². The molecule has 0 fully saturated rings. The number of carbonyl (C=O) groups is 1. The van der Waals surface area contributed by atoms with Crippen LogP contribution in [0.1, 0.15) is 12.8 Å². The van der Waals surface area contributed by atoms with Crippen molar-refractivity contribution in [3.63, 3.8) is 0 Å². The summed E-state index contributed by atoms with van der Waals surface area (Å²) in [7, 11) is 0. The minimum atomic E-state index is -0.153. The quantitative estimate of drug-likeness (QED) is 0.705. The molecular weight excluding hydrogens is 170 g/mol. The average Bonchev–Trinajstić information content (AvgIpc) is 2.31. The minimum Gasteiger partial charge on any atom is -0.410 e. The van der Waals surface area contributed by atoms with Crippen molar-refractivity contribution in [2.24, 2.45) is 0 Å². The highest BCUT2D eigenvalue weighted by Gasteiger charge is 2.02. The third-order valence-corrected chi connectivity index (χ3v) is 1.08. The van der Waals surface area contributed by atoms with Crippen LogP contribution in [0.25, 0.3) is 0 Å². The van der Waals surface area contributed by atoms with E-state index in [0.717, 1.165) is 0 Å². The monoisotopic (exact) mass is 175 g/mol. The van der Waals surface area contributed by atoms with E-state index >= 15 is 0 Å². The molecule has 1 heterocycles. The van der Waals surface area contributed by atoms with Gasteiger partial charge in [0.1, 0.15) is 0 Å². The summed E-state index contributed by atoms with van der Waals surface area (Å²) >= 11 is 5.32. The van der Waals surface area contributed by atoms with Crippen molar-refractivity contribution < 1.29 is 9.21 Å². The summed E-state index contributed by atoms with van der Waals surface area (Å²) in [6.45, 7) is 1.62. The Hall–Kier alpha value is -1.10. The molecule has 0 atom stereocenters. The number of aromatic nitrogens is 2. The normalized spacial score (nSPS) is 9.64. The smallest absolute Gasteiger partial charge is 0.312 e. The molecule has 11 heavy (non-hydrogen) atoms. The van der Waals surface area contributed by atoms with Gasteiger partial charge in [-0.3, -0.25) is 4.79 Å². The van der Waals surface area contributed by atoms with Gasteiger partial charge in [0.25, 0.3) is 0 Å². The molecule has 1 N–H and O–H groups in total. The van der Waals surface area contributed by atoms with Crippen molar-refractivity contribution in [1.82, 2.24) is 15.5 Å². The molecule has 60 valence electrons. The van der Waals surface area contributed by atoms with Crippen molar-refractivity contribution in [2.75, 3.05) is 0 Å². The van der Waals surface area contributed by atoms with Gasteiger partial charge < -0.3 is 9.73 Å². The molecule has 0 aliphatic carbocycles. The van der Waals surface area contributed by atoms with E-state index in [9.17, 15) is 4.79 Å². The summed E-state index contributed by atoms with van der Waals surface area (Å²) < 4.78 is 4.76. The van der Waals surface area contributed by atoms with E-state index < -0.39 is 0 Å². The molecule has 1 aromatic heterocycles. The fourth-order valence-electron chi connectivity index (χ4n) is 0.505. The number of hydrogen-bond acceptors (Lipinski definition) is 4. The molecule has 0 aliphatic heterocycles. The molecule has 1 amide bonds. The van der Waals surface area contributed by atoms with Crippen LogP contribution in [-0.2, 0) is 11.3 Å². The fourth-order valence-corrected chi connectivity index (χ4v) is 0.631. The number of nitrogens with zero attached hydrogens (tertiary/aromatic N) is 2. The van der Waals surface area contributed by atoms with Crippen LogP contribution in [0.15, 0.2) is 4.42 Å². The van der Waals surface area contributed by atoms with Crippen molar-refractivity contribution in [1.29, 1.82) is 0 Å². The first-order valence-corrected chi connectivity index (χ1v) is 3.28. The number of hydrogen-bond donors (Lipinski definition) is 1. The van der Waals surface area contributed by atoms with Gasteiger partial charge in [0.05, 0.1) is 6.54 Å². The zero-order valence-corrected chi connectivity index (χ0v) is 6.55. The van der Waals surface area contributed by atoms with Gasteiger partial charge in [-0.05, 0) is 11.6 Å². The Morgan fingerprint density at radius 2 is 2.45 bits per heavy atom. The van der Waals surface area contributed by atoms with Crippen molar-refractivity contribution in [3.05, 3.63) is 11.2 Å². The van der Waals surface area contributed by atoms with Crippen LogP contribution in [0.2, 0.25) is 5.35 Å². The molecule has 5 nitrogen and oxygen atoms in total. The molecule has 0 unspecified atom stereocenters. The van der Waals surface area contributed by atoms with E-state index in [4.69, 9.17) is 16.0 Å². The van der Waals surface area contributed by atoms with E-state index in [1.54, 1.807) is 0 Å². The first-order chi connectivity index (χ1) is 5.18. The molecule has 0 bridgehead atoms. The summed E-state index contributed by atoms with van der Waals surface area (Å²) in [4.78, 5) is 10.4. The highest BCUT2D eigenvalue weighted by Crippen LogP contribution is 2.04. The van der Waals surface area contributed by atoms with Gasteiger partial charge >= 0.3 is 5.35 Å². The van der Waals surface area contributed by atoms with E-state index in [1.807, 2.05) is 0 Å². The Morgan fingerprint density at radius 1 is 1.73 bits per heavy atom. The lowest BCUT2D eigenvalue weighted by atomic mass is 10.6. The number of nitrogens with one attached hydrogen (secondary N) is 1. The largest absolute Gasteiger partial charge is 0.410 e. The number of carbonyl (C=O) groups excluding carboxylic acids is 1. The zero-order valence-electron chi connectivity index (χ0n) is 5.80. The maximum atomic E-state index is 10.4. The molecule has 6 heteroatoms. The Bertz CT molecular complexity index is 260. The van der Waals surface area contributed by atoms with Gasteiger partial charge in [-0.25, -0.2) is 0 Å². The van der Waals surface area contributed by atoms with Crippen LogP contribution in [0.5, 0.6) is 0 Å². The lowest BCUT2D eigenvalue weighted by molar-refractivity contribution is -0.119. The molecule has 1 aromatic rings. The highest BCUT2D eigenvalue weighted by atomic mass is 35.5. The summed E-state index contributed by atoms with van der Waals surface area (Å²) in [5.41, 5.74) is 0. The van der Waals surface area contributed by atoms with Gasteiger partial charge in [0.2, 0.25) is 11.8 Å². The van der Waals surface area contributed by atoms with Gasteiger partial charge in [0, 0.05) is 6.92 Å². The highest BCUT2D eigenvalue weighted by molar-refractivity contribution is 6.27. The Balaban J connectivity index is 2.45. The molecule has 0 saturated carbocycles. The lowest BCUT2D eigenvalue weighted by Crippen LogP contribution is -2.18. The first kappa shape index (κ1) is 8.00. The second kappa shape index (κ2) is 3.34. The molecular formula is C5H6ClN3O2. The summed E-state index contributed by atoms with van der Waals surface area (Å²) in [5.74, 6) is 0.143. The van der Waals surface area contributed by atoms with Crippen molar-refractivity contribution in [3.8, 4) is 0 Å². The van der Waals surface area contributed by atoms with E-state index in [2.05, 4.69) is 15.5 Å². The van der Waals surface area contributed by atoms with Crippen LogP contribution in [0.3, 0.4) is 0 Å². The minimum absolute atomic E-state index is 0.0228. The van der Waals surface area contributed by atoms with Gasteiger partial charge in [-0.15, -0.1) is 5.10 Å². The topological polar surface area (TPSA) is 68.0 Å². The second-order valence-corrected chi connectivity index (χ2v) is 2.18. The molecule has 1 rings (SSSR count). The van der Waals surface area contributed by atoms with Crippen LogP contribution in [0.4, 0.5) is 0 Å². The second-order valence-electron chi connectivity index (χ2n) is 1.86. The molecule has 0 aromatic carbocycles. The Morgan fingerprint density at radius 3 is 2.91 bits per heavy atom. The predicted molar refractivity (Wildman–Crippen MR) is 36.8 cm³/mol. The summed E-state index contributed by atoms with van der Waals surface area (Å²) in [6, 6.07) is 0. The van der Waals surface area contributed by atoms with Crippen LogP contribution in [0, 0.1) is 0 Å². The van der Waals surface area contributed by atoms with Gasteiger partial charge in [-0.2, -0.15) is 0 Å². The van der Waals surface area contributed by atoms with E-state index in [1.165, 1.54) is 6.92 Å². The number of halogens is 1. The summed E-state index contributed by atoms with van der Waals surface area (Å²) in [5, 5.41) is 9.37. The maximum absolute atomic E-state index is 10.4. The average molecular weight is 176 g/mol. The Kier molecular flexibility index (Phi) is 2.43. The van der Waals surface area contributed by atoms with Gasteiger partial charge in [-0.1, -0.05) is 5.10 Å². The Labute approximate surface area is 67.7 Å².